The van der Waals surface area contributed by atoms with E-state index in [4.69, 9.17) is 11.6 Å². The first-order chi connectivity index (χ1) is 13.2. The molecular weight excluding hydrogens is 365 g/mol. The molecule has 0 bridgehead atoms. The highest BCUT2D eigenvalue weighted by molar-refractivity contribution is 6.17. The Morgan fingerprint density at radius 1 is 1.15 bits per heavy atom. The summed E-state index contributed by atoms with van der Waals surface area (Å²) in [5.41, 5.74) is 3.98. The quantitative estimate of drug-likeness (QED) is 0.530. The molecule has 0 fully saturated rings. The normalized spacial score (nSPS) is 11.0. The predicted octanol–water partition coefficient (Wildman–Crippen LogP) is 4.51. The summed E-state index contributed by atoms with van der Waals surface area (Å²) in [6, 6.07) is 12.5. The van der Waals surface area contributed by atoms with Crippen LogP contribution in [0.25, 0.3) is 11.0 Å². The van der Waals surface area contributed by atoms with Crippen LogP contribution in [0.4, 0.5) is 4.39 Å². The standard InChI is InChI=1S/C21H23ClFN3O/c22-12-4-8-16-7-3-10-18-21(16)26-19(25-18)14-24-20(27)11-2-6-15-5-1-9-17(23)13-15/h1,3,5,7,9-10,13H,2,4,6,8,11-12,14H2,(H,24,27)(H,25,26). The minimum absolute atomic E-state index is 0.0331. The predicted molar refractivity (Wildman–Crippen MR) is 106 cm³/mol. The van der Waals surface area contributed by atoms with Gasteiger partial charge in [-0.2, -0.15) is 0 Å². The number of carbonyl (C=O) groups is 1. The molecule has 0 atom stereocenters. The van der Waals surface area contributed by atoms with E-state index in [2.05, 4.69) is 21.4 Å². The molecule has 6 heteroatoms. The van der Waals surface area contributed by atoms with Crippen molar-refractivity contribution >= 4 is 28.5 Å². The van der Waals surface area contributed by atoms with Crippen molar-refractivity contribution in [2.24, 2.45) is 0 Å². The Hall–Kier alpha value is -2.40. The number of halogens is 2. The van der Waals surface area contributed by atoms with Crippen molar-refractivity contribution in [2.45, 2.75) is 38.6 Å². The van der Waals surface area contributed by atoms with Gasteiger partial charge in [-0.15, -0.1) is 11.6 Å². The van der Waals surface area contributed by atoms with Gasteiger partial charge in [0, 0.05) is 12.3 Å². The van der Waals surface area contributed by atoms with Crippen LogP contribution in [0.2, 0.25) is 0 Å². The number of benzene rings is 2. The van der Waals surface area contributed by atoms with Gasteiger partial charge in [0.25, 0.3) is 0 Å². The number of rotatable bonds is 9. The Kier molecular flexibility index (Phi) is 6.82. The first-order valence-corrected chi connectivity index (χ1v) is 9.73. The second-order valence-electron chi connectivity index (χ2n) is 6.55. The number of hydrogen-bond acceptors (Lipinski definition) is 2. The summed E-state index contributed by atoms with van der Waals surface area (Å²) in [6.07, 6.45) is 3.55. The second kappa shape index (κ2) is 9.51. The summed E-state index contributed by atoms with van der Waals surface area (Å²) >= 11 is 5.79. The van der Waals surface area contributed by atoms with Crippen molar-refractivity contribution in [2.75, 3.05) is 5.88 Å². The highest BCUT2D eigenvalue weighted by Gasteiger charge is 2.09. The average Bonchev–Trinajstić information content (AvgIpc) is 3.08. The Morgan fingerprint density at radius 2 is 2.00 bits per heavy atom. The summed E-state index contributed by atoms with van der Waals surface area (Å²) in [5, 5.41) is 2.89. The van der Waals surface area contributed by atoms with Crippen LogP contribution in [0, 0.1) is 5.82 Å². The Balaban J connectivity index is 1.49. The van der Waals surface area contributed by atoms with Crippen LogP contribution in [-0.4, -0.2) is 21.8 Å². The summed E-state index contributed by atoms with van der Waals surface area (Å²) in [6.45, 7) is 0.364. The van der Waals surface area contributed by atoms with Crippen molar-refractivity contribution in [3.8, 4) is 0 Å². The third kappa shape index (κ3) is 5.54. The maximum Gasteiger partial charge on any atom is 0.220 e. The van der Waals surface area contributed by atoms with Crippen LogP contribution < -0.4 is 5.32 Å². The molecule has 142 valence electrons. The van der Waals surface area contributed by atoms with Gasteiger partial charge in [0.15, 0.2) is 0 Å². The molecule has 3 rings (SSSR count). The molecule has 1 heterocycles. The van der Waals surface area contributed by atoms with E-state index in [0.29, 0.717) is 31.7 Å². The molecule has 1 aromatic heterocycles. The molecule has 0 aliphatic heterocycles. The van der Waals surface area contributed by atoms with E-state index >= 15 is 0 Å². The number of para-hydroxylation sites is 1. The Bertz CT molecular complexity index is 909. The monoisotopic (exact) mass is 387 g/mol. The molecular formula is C21H23ClFN3O. The van der Waals surface area contributed by atoms with Gasteiger partial charge in [0.2, 0.25) is 5.91 Å². The summed E-state index contributed by atoms with van der Waals surface area (Å²) in [4.78, 5) is 19.9. The van der Waals surface area contributed by atoms with E-state index in [0.717, 1.165) is 40.8 Å². The van der Waals surface area contributed by atoms with Crippen LogP contribution >= 0.6 is 11.6 Å². The van der Waals surface area contributed by atoms with Crippen molar-refractivity contribution in [1.82, 2.24) is 15.3 Å². The van der Waals surface area contributed by atoms with Gasteiger partial charge in [-0.05, 0) is 55.0 Å². The third-order valence-electron chi connectivity index (χ3n) is 4.44. The summed E-state index contributed by atoms with van der Waals surface area (Å²) in [5.74, 6) is 1.09. The van der Waals surface area contributed by atoms with E-state index in [1.54, 1.807) is 6.07 Å². The zero-order chi connectivity index (χ0) is 19.1. The molecule has 0 saturated carbocycles. The fourth-order valence-electron chi connectivity index (χ4n) is 3.10. The molecule has 0 radical (unpaired) electrons. The fraction of sp³-hybridized carbons (Fsp3) is 0.333. The smallest absolute Gasteiger partial charge is 0.220 e. The van der Waals surface area contributed by atoms with Crippen molar-refractivity contribution in [1.29, 1.82) is 0 Å². The van der Waals surface area contributed by atoms with Gasteiger partial charge >= 0.3 is 0 Å². The van der Waals surface area contributed by atoms with Crippen LogP contribution in [0.3, 0.4) is 0 Å². The van der Waals surface area contributed by atoms with Gasteiger partial charge in [-0.25, -0.2) is 9.37 Å². The molecule has 4 nitrogen and oxygen atoms in total. The van der Waals surface area contributed by atoms with E-state index in [-0.39, 0.29) is 11.7 Å². The SMILES string of the molecule is O=C(CCCc1cccc(F)c1)NCc1nc2c(CCCCl)cccc2[nH]1. The third-order valence-corrected chi connectivity index (χ3v) is 4.70. The highest BCUT2D eigenvalue weighted by Crippen LogP contribution is 2.18. The van der Waals surface area contributed by atoms with E-state index in [1.807, 2.05) is 18.2 Å². The van der Waals surface area contributed by atoms with Crippen molar-refractivity contribution in [3.63, 3.8) is 0 Å². The first-order valence-electron chi connectivity index (χ1n) is 9.19. The number of H-pyrrole nitrogens is 1. The van der Waals surface area contributed by atoms with Crippen molar-refractivity contribution in [3.05, 3.63) is 65.2 Å². The zero-order valence-electron chi connectivity index (χ0n) is 15.1. The Labute approximate surface area is 163 Å². The highest BCUT2D eigenvalue weighted by atomic mass is 35.5. The van der Waals surface area contributed by atoms with Crippen LogP contribution in [-0.2, 0) is 24.2 Å². The molecule has 0 unspecified atom stereocenters. The number of hydrogen-bond donors (Lipinski definition) is 2. The zero-order valence-corrected chi connectivity index (χ0v) is 15.9. The van der Waals surface area contributed by atoms with Gasteiger partial charge in [-0.1, -0.05) is 24.3 Å². The number of imidazole rings is 1. The van der Waals surface area contributed by atoms with Gasteiger partial charge in [-0.3, -0.25) is 4.79 Å². The molecule has 2 aromatic carbocycles. The fourth-order valence-corrected chi connectivity index (χ4v) is 3.24. The van der Waals surface area contributed by atoms with Gasteiger partial charge < -0.3 is 10.3 Å². The number of aromatic nitrogens is 2. The largest absolute Gasteiger partial charge is 0.349 e. The van der Waals surface area contributed by atoms with Crippen LogP contribution in [0.5, 0.6) is 0 Å². The van der Waals surface area contributed by atoms with E-state index < -0.39 is 0 Å². The number of alkyl halides is 1. The molecule has 0 spiro atoms. The summed E-state index contributed by atoms with van der Waals surface area (Å²) in [7, 11) is 0. The maximum absolute atomic E-state index is 13.2. The number of nitrogens with zero attached hydrogens (tertiary/aromatic N) is 1. The molecule has 0 aliphatic rings. The Morgan fingerprint density at radius 3 is 2.81 bits per heavy atom. The van der Waals surface area contributed by atoms with Crippen LogP contribution in [0.1, 0.15) is 36.2 Å². The topological polar surface area (TPSA) is 57.8 Å². The second-order valence-corrected chi connectivity index (χ2v) is 6.93. The average molecular weight is 388 g/mol. The number of aryl methyl sites for hydroxylation is 2. The van der Waals surface area contributed by atoms with E-state index in [9.17, 15) is 9.18 Å². The van der Waals surface area contributed by atoms with Crippen molar-refractivity contribution < 1.29 is 9.18 Å². The first kappa shape index (κ1) is 19.4. The lowest BCUT2D eigenvalue weighted by Crippen LogP contribution is -2.23. The maximum atomic E-state index is 13.2. The molecule has 0 aliphatic carbocycles. The van der Waals surface area contributed by atoms with Gasteiger partial charge in [0.1, 0.15) is 11.6 Å². The lowest BCUT2D eigenvalue weighted by atomic mass is 10.1. The summed E-state index contributed by atoms with van der Waals surface area (Å²) < 4.78 is 13.2. The van der Waals surface area contributed by atoms with E-state index in [1.165, 1.54) is 12.1 Å². The lowest BCUT2D eigenvalue weighted by Gasteiger charge is -2.04. The molecule has 3 aromatic rings. The molecule has 27 heavy (non-hydrogen) atoms. The molecule has 2 N–H and O–H groups in total. The lowest BCUT2D eigenvalue weighted by molar-refractivity contribution is -0.121. The number of carbonyl (C=O) groups excluding carboxylic acids is 1. The molecule has 0 saturated heterocycles. The van der Waals surface area contributed by atoms with Gasteiger partial charge in [0.05, 0.1) is 17.6 Å². The number of aromatic amines is 1. The number of fused-ring (bicyclic) bond motifs is 1. The van der Waals surface area contributed by atoms with Crippen LogP contribution in [0.15, 0.2) is 42.5 Å². The molecule has 1 amide bonds. The minimum atomic E-state index is -0.243. The number of amides is 1. The number of nitrogens with one attached hydrogen (secondary N) is 2. The minimum Gasteiger partial charge on any atom is -0.349 e.